The number of anilines is 1. The van der Waals surface area contributed by atoms with Gasteiger partial charge >= 0.3 is 6.03 Å². The number of aromatic nitrogens is 3. The average Bonchev–Trinajstić information content (AvgIpc) is 3.20. The number of thiazole rings is 1. The number of hydrogen-bond donors (Lipinski definition) is 1. The molecule has 2 aromatic heterocycles. The second-order valence-corrected chi connectivity index (χ2v) is 5.66. The molecular weight excluding hydrogens is 306 g/mol. The van der Waals surface area contributed by atoms with Crippen LogP contribution in [-0.4, -0.2) is 40.9 Å². The van der Waals surface area contributed by atoms with Gasteiger partial charge in [-0.25, -0.2) is 9.78 Å². The van der Waals surface area contributed by atoms with E-state index in [0.29, 0.717) is 43.0 Å². The molecule has 8 nitrogen and oxygen atoms in total. The maximum absolute atomic E-state index is 11.6. The molecule has 1 aliphatic heterocycles. The molecule has 0 saturated carbocycles. The third kappa shape index (κ3) is 3.09. The first kappa shape index (κ1) is 14.9. The molecule has 0 aliphatic carbocycles. The van der Waals surface area contributed by atoms with Crippen LogP contribution in [0.1, 0.15) is 37.4 Å². The number of ether oxygens (including phenoxy) is 1. The van der Waals surface area contributed by atoms with Crippen molar-refractivity contribution in [2.24, 2.45) is 0 Å². The summed E-state index contributed by atoms with van der Waals surface area (Å²) in [7, 11) is 0. The van der Waals surface area contributed by atoms with E-state index in [4.69, 9.17) is 9.26 Å². The van der Waals surface area contributed by atoms with E-state index in [9.17, 15) is 4.79 Å². The Bertz CT molecular complexity index is 656. The van der Waals surface area contributed by atoms with E-state index >= 15 is 0 Å². The van der Waals surface area contributed by atoms with Gasteiger partial charge in [-0.05, 0) is 13.8 Å². The first-order chi connectivity index (χ1) is 10.7. The number of rotatable bonds is 6. The van der Waals surface area contributed by atoms with Gasteiger partial charge in [0.15, 0.2) is 11.0 Å². The minimum absolute atomic E-state index is 0.105. The highest BCUT2D eigenvalue weighted by molar-refractivity contribution is 7.14. The van der Waals surface area contributed by atoms with Gasteiger partial charge in [0, 0.05) is 25.1 Å². The van der Waals surface area contributed by atoms with Crippen LogP contribution in [0.4, 0.5) is 9.93 Å². The van der Waals surface area contributed by atoms with E-state index in [0.717, 1.165) is 5.69 Å². The zero-order chi connectivity index (χ0) is 15.5. The van der Waals surface area contributed by atoms with Crippen LogP contribution in [0.15, 0.2) is 9.90 Å². The molecule has 3 rings (SSSR count). The summed E-state index contributed by atoms with van der Waals surface area (Å²) in [6.07, 6.45) is 0.249. The highest BCUT2D eigenvalue weighted by Crippen LogP contribution is 2.23. The van der Waals surface area contributed by atoms with Crippen molar-refractivity contribution < 1.29 is 14.1 Å². The van der Waals surface area contributed by atoms with E-state index in [-0.39, 0.29) is 12.1 Å². The number of nitrogens with one attached hydrogen (secondary N) is 1. The molecule has 1 saturated heterocycles. The van der Waals surface area contributed by atoms with Crippen molar-refractivity contribution in [2.45, 2.75) is 26.4 Å². The molecule has 1 fully saturated rings. The zero-order valence-corrected chi connectivity index (χ0v) is 13.2. The molecule has 3 heterocycles. The Morgan fingerprint density at radius 3 is 3.14 bits per heavy atom. The fourth-order valence-electron chi connectivity index (χ4n) is 2.14. The van der Waals surface area contributed by atoms with Crippen LogP contribution in [0, 0.1) is 0 Å². The molecule has 1 atom stereocenters. The van der Waals surface area contributed by atoms with E-state index in [1.54, 1.807) is 4.90 Å². The van der Waals surface area contributed by atoms with E-state index in [1.807, 2.05) is 19.2 Å². The molecule has 118 valence electrons. The summed E-state index contributed by atoms with van der Waals surface area (Å²) in [5, 5.41) is 9.26. The number of carbonyl (C=O) groups excluding carboxylic acids is 1. The minimum atomic E-state index is -0.193. The maximum Gasteiger partial charge on any atom is 0.323 e. The smallest absolute Gasteiger partial charge is 0.323 e. The van der Waals surface area contributed by atoms with Crippen molar-refractivity contribution in [3.05, 3.63) is 22.8 Å². The lowest BCUT2D eigenvalue weighted by Crippen LogP contribution is -2.27. The maximum atomic E-state index is 11.6. The van der Waals surface area contributed by atoms with E-state index in [2.05, 4.69) is 20.4 Å². The standard InChI is InChI=1S/C13H17N5O3S/c1-3-20-8(2)11-16-10(21-17-11)6-9-7-22-13(15-9)18-5-4-14-12(18)19/h7-8H,3-6H2,1-2H3,(H,14,19). The average molecular weight is 323 g/mol. The fourth-order valence-corrected chi connectivity index (χ4v) is 2.99. The van der Waals surface area contributed by atoms with E-state index < -0.39 is 0 Å². The third-order valence-corrected chi connectivity index (χ3v) is 4.14. The Kier molecular flexibility index (Phi) is 4.34. The normalized spacial score (nSPS) is 16.1. The molecule has 22 heavy (non-hydrogen) atoms. The van der Waals surface area contributed by atoms with Gasteiger partial charge in [-0.1, -0.05) is 5.16 Å². The van der Waals surface area contributed by atoms with Gasteiger partial charge in [0.2, 0.25) is 5.89 Å². The van der Waals surface area contributed by atoms with Gasteiger partial charge in [0.1, 0.15) is 6.10 Å². The summed E-state index contributed by atoms with van der Waals surface area (Å²) < 4.78 is 10.6. The SMILES string of the molecule is CCOC(C)c1noc(Cc2csc(N3CCNC3=O)n2)n1. The van der Waals surface area contributed by atoms with Crippen molar-refractivity contribution in [3.8, 4) is 0 Å². The van der Waals surface area contributed by atoms with Crippen LogP contribution in [0.3, 0.4) is 0 Å². The summed E-state index contributed by atoms with van der Waals surface area (Å²) >= 11 is 1.43. The highest BCUT2D eigenvalue weighted by atomic mass is 32.1. The van der Waals surface area contributed by atoms with Crippen molar-refractivity contribution in [2.75, 3.05) is 24.6 Å². The molecule has 0 bridgehead atoms. The Balaban J connectivity index is 1.66. The van der Waals surface area contributed by atoms with Crippen LogP contribution in [0.5, 0.6) is 0 Å². The molecule has 2 aromatic rings. The second kappa shape index (κ2) is 6.41. The Morgan fingerprint density at radius 2 is 2.41 bits per heavy atom. The lowest BCUT2D eigenvalue weighted by atomic mass is 10.3. The fraction of sp³-hybridized carbons (Fsp3) is 0.538. The summed E-state index contributed by atoms with van der Waals surface area (Å²) in [5.74, 6) is 1.02. The largest absolute Gasteiger partial charge is 0.371 e. The molecule has 2 amide bonds. The van der Waals surface area contributed by atoms with Gasteiger partial charge in [-0.2, -0.15) is 4.98 Å². The molecule has 0 spiro atoms. The van der Waals surface area contributed by atoms with Crippen LogP contribution in [0.25, 0.3) is 0 Å². The number of amides is 2. The number of carbonyl (C=O) groups is 1. The molecule has 1 aliphatic rings. The first-order valence-electron chi connectivity index (χ1n) is 7.11. The summed E-state index contributed by atoms with van der Waals surface area (Å²) in [6.45, 7) is 5.69. The van der Waals surface area contributed by atoms with Crippen LogP contribution in [-0.2, 0) is 11.2 Å². The van der Waals surface area contributed by atoms with Crippen molar-refractivity contribution in [1.82, 2.24) is 20.4 Å². The quantitative estimate of drug-likeness (QED) is 0.870. The van der Waals surface area contributed by atoms with Crippen LogP contribution in [0.2, 0.25) is 0 Å². The van der Waals surface area contributed by atoms with Gasteiger partial charge < -0.3 is 14.6 Å². The van der Waals surface area contributed by atoms with Crippen LogP contribution >= 0.6 is 11.3 Å². The number of urea groups is 1. The summed E-state index contributed by atoms with van der Waals surface area (Å²) in [6, 6.07) is -0.105. The molecule has 9 heteroatoms. The molecular formula is C13H17N5O3S. The molecule has 1 N–H and O–H groups in total. The predicted octanol–water partition coefficient (Wildman–Crippen LogP) is 1.74. The second-order valence-electron chi connectivity index (χ2n) is 4.83. The van der Waals surface area contributed by atoms with Gasteiger partial charge in [0.05, 0.1) is 12.1 Å². The third-order valence-electron chi connectivity index (χ3n) is 3.22. The van der Waals surface area contributed by atoms with Crippen LogP contribution < -0.4 is 10.2 Å². The number of hydrogen-bond acceptors (Lipinski definition) is 7. The lowest BCUT2D eigenvalue weighted by molar-refractivity contribution is 0.0683. The molecule has 0 radical (unpaired) electrons. The number of nitrogens with zero attached hydrogens (tertiary/aromatic N) is 4. The van der Waals surface area contributed by atoms with Crippen molar-refractivity contribution in [1.29, 1.82) is 0 Å². The molecule has 1 unspecified atom stereocenters. The Hall–Kier alpha value is -2.00. The summed E-state index contributed by atoms with van der Waals surface area (Å²) in [4.78, 5) is 22.0. The highest BCUT2D eigenvalue weighted by Gasteiger charge is 2.24. The minimum Gasteiger partial charge on any atom is -0.371 e. The van der Waals surface area contributed by atoms with Gasteiger partial charge in [-0.15, -0.1) is 11.3 Å². The Labute approximate surface area is 131 Å². The van der Waals surface area contributed by atoms with Gasteiger partial charge in [0.25, 0.3) is 0 Å². The summed E-state index contributed by atoms with van der Waals surface area (Å²) in [5.41, 5.74) is 0.805. The first-order valence-corrected chi connectivity index (χ1v) is 7.99. The van der Waals surface area contributed by atoms with Crippen molar-refractivity contribution in [3.63, 3.8) is 0 Å². The van der Waals surface area contributed by atoms with Gasteiger partial charge in [-0.3, -0.25) is 4.90 Å². The van der Waals surface area contributed by atoms with E-state index in [1.165, 1.54) is 11.3 Å². The lowest BCUT2D eigenvalue weighted by Gasteiger charge is -2.08. The predicted molar refractivity (Wildman–Crippen MR) is 80.0 cm³/mol. The Morgan fingerprint density at radius 1 is 1.55 bits per heavy atom. The molecule has 0 aromatic carbocycles. The zero-order valence-electron chi connectivity index (χ0n) is 12.4. The van der Waals surface area contributed by atoms with Crippen molar-refractivity contribution >= 4 is 22.5 Å². The monoisotopic (exact) mass is 323 g/mol. The topological polar surface area (TPSA) is 93.4 Å².